The Bertz CT molecular complexity index is 602. The summed E-state index contributed by atoms with van der Waals surface area (Å²) >= 11 is 13.0. The molecule has 0 aliphatic rings. The quantitative estimate of drug-likeness (QED) is 0.540. The first-order valence-electron chi connectivity index (χ1n) is 5.51. The van der Waals surface area contributed by atoms with Gasteiger partial charge in [-0.3, -0.25) is 0 Å². The zero-order valence-electron chi connectivity index (χ0n) is 9.64. The summed E-state index contributed by atoms with van der Waals surface area (Å²) in [6.45, 7) is 0. The molecule has 0 radical (unpaired) electrons. The predicted octanol–water partition coefficient (Wildman–Crippen LogP) is 6.06. The van der Waals surface area contributed by atoms with E-state index in [-0.39, 0.29) is 4.83 Å². The Balaban J connectivity index is 2.25. The zero-order chi connectivity index (χ0) is 14.0. The molecule has 100 valence electrons. The molecule has 0 saturated carbocycles. The van der Waals surface area contributed by atoms with Crippen molar-refractivity contribution in [2.24, 2.45) is 0 Å². The Hall–Kier alpha value is -0.450. The van der Waals surface area contributed by atoms with Crippen molar-refractivity contribution >= 4 is 43.5 Å². The molecule has 0 spiro atoms. The highest BCUT2D eigenvalue weighted by Gasteiger charge is 2.16. The van der Waals surface area contributed by atoms with Gasteiger partial charge in [0.2, 0.25) is 0 Å². The number of alkyl halides is 1. The van der Waals surface area contributed by atoms with Gasteiger partial charge < -0.3 is 0 Å². The third-order valence-electron chi connectivity index (χ3n) is 2.73. The first-order chi connectivity index (χ1) is 8.99. The van der Waals surface area contributed by atoms with Gasteiger partial charge in [0.1, 0.15) is 11.6 Å². The molecule has 2 aromatic carbocycles. The van der Waals surface area contributed by atoms with E-state index in [0.717, 1.165) is 16.1 Å². The van der Waals surface area contributed by atoms with Crippen LogP contribution in [0.25, 0.3) is 0 Å². The molecule has 0 N–H and O–H groups in total. The van der Waals surface area contributed by atoms with Gasteiger partial charge in [-0.15, -0.1) is 0 Å². The molecule has 0 nitrogen and oxygen atoms in total. The van der Waals surface area contributed by atoms with E-state index in [2.05, 4.69) is 31.9 Å². The van der Waals surface area contributed by atoms with Crippen molar-refractivity contribution in [1.82, 2.24) is 0 Å². The molecule has 19 heavy (non-hydrogen) atoms. The lowest BCUT2D eigenvalue weighted by atomic mass is 10.0. The van der Waals surface area contributed by atoms with E-state index in [1.165, 1.54) is 12.1 Å². The molecule has 0 amide bonds. The Morgan fingerprint density at radius 3 is 2.58 bits per heavy atom. The smallest absolute Gasteiger partial charge is 0.129 e. The van der Waals surface area contributed by atoms with Crippen LogP contribution < -0.4 is 0 Å². The van der Waals surface area contributed by atoms with Crippen LogP contribution in [0.15, 0.2) is 40.9 Å². The lowest BCUT2D eigenvalue weighted by molar-refractivity contribution is 0.571. The predicted molar refractivity (Wildman–Crippen MR) is 80.9 cm³/mol. The minimum absolute atomic E-state index is 0.141. The number of rotatable bonds is 3. The van der Waals surface area contributed by atoms with Gasteiger partial charge in [-0.05, 0) is 45.6 Å². The molecule has 0 aromatic heterocycles. The Morgan fingerprint density at radius 1 is 1.16 bits per heavy atom. The van der Waals surface area contributed by atoms with Crippen molar-refractivity contribution in [3.63, 3.8) is 0 Å². The maximum Gasteiger partial charge on any atom is 0.129 e. The largest absolute Gasteiger partial charge is 0.207 e. The summed E-state index contributed by atoms with van der Waals surface area (Å²) in [7, 11) is 0. The molecule has 1 atom stereocenters. The summed E-state index contributed by atoms with van der Waals surface area (Å²) in [5.41, 5.74) is 1.30. The summed E-state index contributed by atoms with van der Waals surface area (Å²) < 4.78 is 27.2. The molecular formula is C14H9Br2ClF2. The molecule has 0 heterocycles. The highest BCUT2D eigenvalue weighted by atomic mass is 79.9. The first-order valence-corrected chi connectivity index (χ1v) is 7.59. The van der Waals surface area contributed by atoms with Crippen LogP contribution in [0.2, 0.25) is 5.02 Å². The minimum atomic E-state index is -0.576. The van der Waals surface area contributed by atoms with Gasteiger partial charge in [0, 0.05) is 15.4 Å². The Kier molecular flexibility index (Phi) is 4.98. The number of benzene rings is 2. The number of hydrogen-bond donors (Lipinski definition) is 0. The molecule has 0 aliphatic heterocycles. The van der Waals surface area contributed by atoms with Gasteiger partial charge in [0.05, 0.1) is 5.02 Å². The Labute approximate surface area is 132 Å². The minimum Gasteiger partial charge on any atom is -0.207 e. The zero-order valence-corrected chi connectivity index (χ0v) is 13.6. The highest BCUT2D eigenvalue weighted by molar-refractivity contribution is 9.10. The van der Waals surface area contributed by atoms with Crippen LogP contribution in [-0.4, -0.2) is 0 Å². The van der Waals surface area contributed by atoms with Gasteiger partial charge in [-0.1, -0.05) is 45.7 Å². The van der Waals surface area contributed by atoms with E-state index in [1.54, 1.807) is 0 Å². The molecule has 0 bridgehead atoms. The van der Waals surface area contributed by atoms with Crippen molar-refractivity contribution in [1.29, 1.82) is 0 Å². The number of hydrogen-bond acceptors (Lipinski definition) is 0. The maximum absolute atomic E-state index is 13.6. The van der Waals surface area contributed by atoms with Gasteiger partial charge in [0.25, 0.3) is 0 Å². The molecule has 5 heteroatoms. The third-order valence-corrected chi connectivity index (χ3v) is 4.86. The van der Waals surface area contributed by atoms with E-state index in [0.29, 0.717) is 17.0 Å². The highest BCUT2D eigenvalue weighted by Crippen LogP contribution is 2.36. The molecule has 0 saturated heterocycles. The monoisotopic (exact) mass is 408 g/mol. The second-order valence-electron chi connectivity index (χ2n) is 4.05. The van der Waals surface area contributed by atoms with Gasteiger partial charge in [-0.2, -0.15) is 0 Å². The molecule has 1 unspecified atom stereocenters. The molecule has 2 rings (SSSR count). The summed E-state index contributed by atoms with van der Waals surface area (Å²) in [6, 6.07) is 9.15. The Morgan fingerprint density at radius 2 is 1.89 bits per heavy atom. The van der Waals surface area contributed by atoms with Crippen LogP contribution >= 0.6 is 43.5 Å². The molecule has 0 fully saturated rings. The van der Waals surface area contributed by atoms with E-state index in [9.17, 15) is 8.78 Å². The molecule has 0 aliphatic carbocycles. The summed E-state index contributed by atoms with van der Waals surface area (Å²) in [5.74, 6) is -1.12. The van der Waals surface area contributed by atoms with E-state index in [1.807, 2.05) is 18.2 Å². The van der Waals surface area contributed by atoms with E-state index < -0.39 is 11.6 Å². The van der Waals surface area contributed by atoms with Crippen LogP contribution in [0.5, 0.6) is 0 Å². The van der Waals surface area contributed by atoms with Crippen LogP contribution in [0.3, 0.4) is 0 Å². The fourth-order valence-electron chi connectivity index (χ4n) is 1.75. The van der Waals surface area contributed by atoms with Crippen molar-refractivity contribution in [2.45, 2.75) is 11.2 Å². The first kappa shape index (κ1) is 14.9. The molecule has 2 aromatic rings. The average molecular weight is 410 g/mol. The van der Waals surface area contributed by atoms with Crippen LogP contribution in [0.4, 0.5) is 8.78 Å². The fourth-order valence-corrected chi connectivity index (χ4v) is 3.25. The average Bonchev–Trinajstić information content (AvgIpc) is 2.36. The molecular weight excluding hydrogens is 401 g/mol. The van der Waals surface area contributed by atoms with Gasteiger partial charge in [-0.25, -0.2) is 8.78 Å². The van der Waals surface area contributed by atoms with Crippen molar-refractivity contribution in [3.8, 4) is 0 Å². The number of halogens is 5. The van der Waals surface area contributed by atoms with Crippen LogP contribution in [-0.2, 0) is 6.42 Å². The third kappa shape index (κ3) is 3.56. The van der Waals surface area contributed by atoms with E-state index >= 15 is 0 Å². The lowest BCUT2D eigenvalue weighted by Gasteiger charge is -2.13. The summed E-state index contributed by atoms with van der Waals surface area (Å²) in [5, 5.41) is 0.590. The second-order valence-corrected chi connectivity index (χ2v) is 6.39. The van der Waals surface area contributed by atoms with Gasteiger partial charge in [0.15, 0.2) is 0 Å². The normalized spacial score (nSPS) is 12.5. The van der Waals surface area contributed by atoms with Crippen molar-refractivity contribution in [3.05, 3.63) is 68.7 Å². The standard InChI is InChI=1S/C14H9Br2ClF2/c15-11-3-1-2-10(14(11)17)12(16)6-8-4-5-9(18)7-13(8)19/h1-5,7,12H,6H2. The fraction of sp³-hybridized carbons (Fsp3) is 0.143. The lowest BCUT2D eigenvalue weighted by Crippen LogP contribution is -1.99. The maximum atomic E-state index is 13.6. The van der Waals surface area contributed by atoms with Gasteiger partial charge >= 0.3 is 0 Å². The van der Waals surface area contributed by atoms with Crippen molar-refractivity contribution < 1.29 is 8.78 Å². The van der Waals surface area contributed by atoms with Crippen LogP contribution in [0, 0.1) is 11.6 Å². The van der Waals surface area contributed by atoms with E-state index in [4.69, 9.17) is 11.6 Å². The van der Waals surface area contributed by atoms with Crippen molar-refractivity contribution in [2.75, 3.05) is 0 Å². The second kappa shape index (κ2) is 6.33. The summed E-state index contributed by atoms with van der Waals surface area (Å²) in [4.78, 5) is -0.141. The topological polar surface area (TPSA) is 0 Å². The summed E-state index contributed by atoms with van der Waals surface area (Å²) in [6.07, 6.45) is 0.391. The SMILES string of the molecule is Fc1ccc(CC(Br)c2cccc(Br)c2Cl)c(F)c1. The van der Waals surface area contributed by atoms with Crippen LogP contribution in [0.1, 0.15) is 16.0 Å².